The van der Waals surface area contributed by atoms with Crippen molar-refractivity contribution in [3.05, 3.63) is 54.1 Å². The molecule has 31 heavy (non-hydrogen) atoms. The fourth-order valence-electron chi connectivity index (χ4n) is 3.41. The molecule has 1 heterocycles. The second kappa shape index (κ2) is 10.2. The second-order valence-corrected chi connectivity index (χ2v) is 7.83. The summed E-state index contributed by atoms with van der Waals surface area (Å²) in [6.07, 6.45) is 2.70. The average molecular weight is 440 g/mol. The molecule has 1 fully saturated rings. The van der Waals surface area contributed by atoms with Crippen LogP contribution in [0.3, 0.4) is 0 Å². The van der Waals surface area contributed by atoms with Crippen molar-refractivity contribution in [3.8, 4) is 0 Å². The Morgan fingerprint density at radius 2 is 2.00 bits per heavy atom. The number of carbonyl (C=O) groups is 3. The normalized spacial score (nSPS) is 16.4. The summed E-state index contributed by atoms with van der Waals surface area (Å²) in [6, 6.07) is 12.9. The van der Waals surface area contributed by atoms with Gasteiger partial charge in [-0.3, -0.25) is 19.7 Å². The van der Waals surface area contributed by atoms with Gasteiger partial charge in [0.15, 0.2) is 5.11 Å². The Morgan fingerprint density at radius 1 is 1.26 bits per heavy atom. The molecule has 1 atom stereocenters. The van der Waals surface area contributed by atoms with Crippen LogP contribution in [0.25, 0.3) is 16.8 Å². The molecule has 0 bridgehead atoms. The van der Waals surface area contributed by atoms with Gasteiger partial charge in [0, 0.05) is 19.2 Å². The first-order chi connectivity index (χ1) is 14.8. The summed E-state index contributed by atoms with van der Waals surface area (Å²) in [5, 5.41) is 7.57. The Bertz CT molecular complexity index is 1030. The molecule has 1 aliphatic rings. The summed E-state index contributed by atoms with van der Waals surface area (Å²) >= 11 is 5.36. The lowest BCUT2D eigenvalue weighted by molar-refractivity contribution is -0.150. The van der Waals surface area contributed by atoms with Crippen LogP contribution < -0.4 is 10.6 Å². The average Bonchev–Trinajstić information content (AvgIpc) is 2.73. The number of amides is 2. The van der Waals surface area contributed by atoms with E-state index in [-0.39, 0.29) is 23.5 Å². The first-order valence-electron chi connectivity index (χ1n) is 10.1. The van der Waals surface area contributed by atoms with Crippen LogP contribution in [-0.2, 0) is 19.1 Å². The van der Waals surface area contributed by atoms with Gasteiger partial charge in [0.1, 0.15) is 6.04 Å². The quantitative estimate of drug-likeness (QED) is 0.423. The largest absolute Gasteiger partial charge is 0.463 e. The number of fused-ring (bicyclic) bond motifs is 1. The Kier molecular flexibility index (Phi) is 7.36. The van der Waals surface area contributed by atoms with Crippen molar-refractivity contribution >= 4 is 52.0 Å². The van der Waals surface area contributed by atoms with Gasteiger partial charge in [-0.1, -0.05) is 42.5 Å². The van der Waals surface area contributed by atoms with Gasteiger partial charge in [-0.15, -0.1) is 0 Å². The molecule has 0 aliphatic carbocycles. The molecule has 2 aromatic carbocycles. The molecular formula is C23H25N3O4S. The molecule has 1 unspecified atom stereocenters. The number of rotatable bonds is 5. The molecule has 0 aromatic heterocycles. The predicted molar refractivity (Wildman–Crippen MR) is 123 cm³/mol. The molecule has 3 rings (SSSR count). The van der Waals surface area contributed by atoms with Crippen LogP contribution in [0, 0.1) is 0 Å². The molecule has 2 aromatic rings. The van der Waals surface area contributed by atoms with Gasteiger partial charge in [-0.2, -0.15) is 0 Å². The maximum absolute atomic E-state index is 12.5. The van der Waals surface area contributed by atoms with Crippen LogP contribution in [0.15, 0.2) is 48.5 Å². The van der Waals surface area contributed by atoms with E-state index in [0.29, 0.717) is 13.1 Å². The zero-order chi connectivity index (χ0) is 22.4. The van der Waals surface area contributed by atoms with E-state index >= 15 is 0 Å². The molecule has 2 amide bonds. The van der Waals surface area contributed by atoms with Crippen molar-refractivity contribution < 1.29 is 19.1 Å². The lowest BCUT2D eigenvalue weighted by Crippen LogP contribution is -2.60. The van der Waals surface area contributed by atoms with Gasteiger partial charge in [0.05, 0.1) is 12.5 Å². The fourth-order valence-corrected chi connectivity index (χ4v) is 3.73. The number of piperazine rings is 1. The van der Waals surface area contributed by atoms with Gasteiger partial charge in [0.2, 0.25) is 11.8 Å². The van der Waals surface area contributed by atoms with Crippen LogP contribution in [-0.4, -0.2) is 53.0 Å². The zero-order valence-electron chi connectivity index (χ0n) is 17.5. The van der Waals surface area contributed by atoms with E-state index in [9.17, 15) is 14.4 Å². The van der Waals surface area contributed by atoms with Gasteiger partial charge in [0.25, 0.3) is 0 Å². The number of hydrogen-bond acceptors (Lipinski definition) is 5. The van der Waals surface area contributed by atoms with Crippen molar-refractivity contribution in [2.45, 2.75) is 32.4 Å². The van der Waals surface area contributed by atoms with Crippen LogP contribution in [0.5, 0.6) is 0 Å². The molecule has 162 valence electrons. The summed E-state index contributed by atoms with van der Waals surface area (Å²) in [4.78, 5) is 38.4. The highest BCUT2D eigenvalue weighted by atomic mass is 32.1. The summed E-state index contributed by atoms with van der Waals surface area (Å²) in [5.41, 5.74) is 0.908. The van der Waals surface area contributed by atoms with E-state index in [1.807, 2.05) is 42.5 Å². The van der Waals surface area contributed by atoms with Crippen molar-refractivity contribution in [3.63, 3.8) is 0 Å². The standard InChI is InChI=1S/C23H25N3O4S/c1-15(2)30-21(28)14-19-22(29)24-12-13-26(19)23(31)25-20(27)11-10-17-8-5-7-16-6-3-4-9-18(16)17/h3-11,15,19H,12-14H2,1-2H3,(H,24,29)(H,25,27,31)/b11-10+. The number of thiocarbonyl (C=S) groups is 1. The van der Waals surface area contributed by atoms with E-state index in [1.54, 1.807) is 24.8 Å². The minimum atomic E-state index is -0.824. The maximum atomic E-state index is 12.5. The molecule has 8 heteroatoms. The minimum Gasteiger partial charge on any atom is -0.463 e. The van der Waals surface area contributed by atoms with Crippen LogP contribution >= 0.6 is 12.2 Å². The number of esters is 1. The van der Waals surface area contributed by atoms with Crippen molar-refractivity contribution in [2.24, 2.45) is 0 Å². The molecule has 2 N–H and O–H groups in total. The topological polar surface area (TPSA) is 87.7 Å². The van der Waals surface area contributed by atoms with Crippen molar-refractivity contribution in [2.75, 3.05) is 13.1 Å². The highest BCUT2D eigenvalue weighted by Crippen LogP contribution is 2.19. The summed E-state index contributed by atoms with van der Waals surface area (Å²) in [7, 11) is 0. The lowest BCUT2D eigenvalue weighted by atomic mass is 10.0. The van der Waals surface area contributed by atoms with Crippen molar-refractivity contribution in [1.82, 2.24) is 15.5 Å². The van der Waals surface area contributed by atoms with Crippen LogP contribution in [0.4, 0.5) is 0 Å². The van der Waals surface area contributed by atoms with Gasteiger partial charge in [-0.05, 0) is 48.5 Å². The minimum absolute atomic E-state index is 0.102. The zero-order valence-corrected chi connectivity index (χ0v) is 18.3. The van der Waals surface area contributed by atoms with E-state index in [1.165, 1.54) is 6.08 Å². The maximum Gasteiger partial charge on any atom is 0.308 e. The third-order valence-corrected chi connectivity index (χ3v) is 5.12. The van der Waals surface area contributed by atoms with Gasteiger partial charge in [-0.25, -0.2) is 0 Å². The number of nitrogens with one attached hydrogen (secondary N) is 2. The molecule has 1 saturated heterocycles. The number of hydrogen-bond donors (Lipinski definition) is 2. The third-order valence-electron chi connectivity index (χ3n) is 4.79. The van der Waals surface area contributed by atoms with E-state index in [4.69, 9.17) is 17.0 Å². The molecule has 0 radical (unpaired) electrons. The molecule has 7 nitrogen and oxygen atoms in total. The lowest BCUT2D eigenvalue weighted by Gasteiger charge is -2.36. The van der Waals surface area contributed by atoms with Gasteiger partial charge >= 0.3 is 5.97 Å². The SMILES string of the molecule is CC(C)OC(=O)CC1C(=O)NCCN1C(=S)NC(=O)/C=C/c1cccc2ccccc12. The number of nitrogens with zero attached hydrogens (tertiary/aromatic N) is 1. The monoisotopic (exact) mass is 439 g/mol. The van der Waals surface area contributed by atoms with Crippen LogP contribution in [0.1, 0.15) is 25.8 Å². The van der Waals surface area contributed by atoms with E-state index in [0.717, 1.165) is 16.3 Å². The Morgan fingerprint density at radius 3 is 2.77 bits per heavy atom. The predicted octanol–water partition coefficient (Wildman–Crippen LogP) is 2.40. The second-order valence-electron chi connectivity index (χ2n) is 7.44. The summed E-state index contributed by atoms with van der Waals surface area (Å²) in [5.74, 6) is -1.23. The smallest absolute Gasteiger partial charge is 0.308 e. The Balaban J connectivity index is 1.67. The van der Waals surface area contributed by atoms with E-state index < -0.39 is 17.9 Å². The molecule has 0 saturated carbocycles. The van der Waals surface area contributed by atoms with E-state index in [2.05, 4.69) is 10.6 Å². The molecule has 0 spiro atoms. The third kappa shape index (κ3) is 5.88. The number of ether oxygens (including phenoxy) is 1. The summed E-state index contributed by atoms with van der Waals surface area (Å²) < 4.78 is 5.15. The Hall–Kier alpha value is -3.26. The summed E-state index contributed by atoms with van der Waals surface area (Å²) in [6.45, 7) is 4.24. The van der Waals surface area contributed by atoms with Crippen LogP contribution in [0.2, 0.25) is 0 Å². The highest BCUT2D eigenvalue weighted by molar-refractivity contribution is 7.80. The first kappa shape index (κ1) is 22.4. The van der Waals surface area contributed by atoms with Gasteiger partial charge < -0.3 is 15.0 Å². The highest BCUT2D eigenvalue weighted by Gasteiger charge is 2.34. The van der Waals surface area contributed by atoms with Crippen molar-refractivity contribution in [1.29, 1.82) is 0 Å². The Labute approximate surface area is 186 Å². The fraction of sp³-hybridized carbons (Fsp3) is 0.304. The first-order valence-corrected chi connectivity index (χ1v) is 10.5. The molecule has 1 aliphatic heterocycles. The molecular weight excluding hydrogens is 414 g/mol. The number of carbonyl (C=O) groups excluding carboxylic acids is 3. The number of benzene rings is 2.